The molecule has 4 heteroatoms. The number of hydrogen-bond donors (Lipinski definition) is 3. The summed E-state index contributed by atoms with van der Waals surface area (Å²) >= 11 is 9.46. The van der Waals surface area contributed by atoms with E-state index in [4.69, 9.17) is 5.11 Å². The summed E-state index contributed by atoms with van der Waals surface area (Å²) in [7, 11) is 0. The number of rotatable bonds is 2. The van der Waals surface area contributed by atoms with Gasteiger partial charge in [0.05, 0.1) is 0 Å². The van der Waals surface area contributed by atoms with Gasteiger partial charge in [-0.3, -0.25) is 0 Å². The van der Waals surface area contributed by atoms with Crippen LogP contribution in [0, 0.1) is 6.92 Å². The second-order valence-corrected chi connectivity index (χ2v) is 5.58. The normalized spacial score (nSPS) is 8.80. The average molecular weight is 327 g/mol. The Morgan fingerprint density at radius 3 is 1.85 bits per heavy atom. The number of thiol groups is 2. The fraction of sp³-hybridized carbons (Fsp3) is 0.250. The summed E-state index contributed by atoms with van der Waals surface area (Å²) in [5.74, 6) is 2.09. The van der Waals surface area contributed by atoms with Crippen molar-refractivity contribution in [1.29, 1.82) is 0 Å². The molecule has 1 N–H and O–H groups in total. The monoisotopic (exact) mass is 326 g/mol. The number of thioether (sulfide) groups is 1. The highest BCUT2D eigenvalue weighted by molar-refractivity contribution is 7.98. The van der Waals surface area contributed by atoms with E-state index in [9.17, 15) is 0 Å². The minimum atomic E-state index is 0.338. The van der Waals surface area contributed by atoms with E-state index < -0.39 is 0 Å². The Hall–Kier alpha value is -0.710. The van der Waals surface area contributed by atoms with Crippen molar-refractivity contribution in [2.75, 3.05) is 17.8 Å². The third-order valence-corrected chi connectivity index (χ3v) is 3.62. The standard InChI is InChI=1S/C7H8O.C7H8S.C2H6S2/c1-6-3-2-4-7(8)5-6;1-8-7-5-3-2-4-6-7;3-1-2-4/h2-5,8H,1H3;2-6H,1H3;3-4H,1-2H2. The van der Waals surface area contributed by atoms with Crippen LogP contribution in [0.15, 0.2) is 59.5 Å². The molecule has 0 atom stereocenters. The van der Waals surface area contributed by atoms with Gasteiger partial charge in [0.1, 0.15) is 5.75 Å². The molecule has 0 aromatic heterocycles. The third kappa shape index (κ3) is 11.1. The van der Waals surface area contributed by atoms with Crippen molar-refractivity contribution in [2.24, 2.45) is 0 Å². The van der Waals surface area contributed by atoms with E-state index in [0.29, 0.717) is 5.75 Å². The summed E-state index contributed by atoms with van der Waals surface area (Å²) in [6, 6.07) is 17.5. The number of phenolic OH excluding ortho intramolecular Hbond substituents is 1. The highest BCUT2D eigenvalue weighted by Crippen LogP contribution is 2.11. The number of aromatic hydroxyl groups is 1. The maximum Gasteiger partial charge on any atom is 0.115 e. The molecule has 0 amide bonds. The van der Waals surface area contributed by atoms with Gasteiger partial charge in [-0.2, -0.15) is 25.3 Å². The van der Waals surface area contributed by atoms with Crippen LogP contribution >= 0.6 is 37.0 Å². The van der Waals surface area contributed by atoms with Gasteiger partial charge in [-0.15, -0.1) is 11.8 Å². The first-order chi connectivity index (χ1) is 9.63. The van der Waals surface area contributed by atoms with Crippen LogP contribution in [0.3, 0.4) is 0 Å². The zero-order valence-electron chi connectivity index (χ0n) is 11.9. The van der Waals surface area contributed by atoms with Crippen LogP contribution < -0.4 is 0 Å². The topological polar surface area (TPSA) is 20.2 Å². The highest BCUT2D eigenvalue weighted by atomic mass is 32.2. The maximum atomic E-state index is 8.81. The van der Waals surface area contributed by atoms with Gasteiger partial charge in [-0.1, -0.05) is 30.3 Å². The average Bonchev–Trinajstić information content (AvgIpc) is 2.49. The molecule has 0 aliphatic rings. The SMILES string of the molecule is CSc1ccccc1.Cc1cccc(O)c1.SCCS. The summed E-state index contributed by atoms with van der Waals surface area (Å²) < 4.78 is 0. The molecule has 2 aromatic rings. The molecule has 0 bridgehead atoms. The van der Waals surface area contributed by atoms with Gasteiger partial charge < -0.3 is 5.11 Å². The van der Waals surface area contributed by atoms with E-state index in [0.717, 1.165) is 17.1 Å². The van der Waals surface area contributed by atoms with Crippen LogP contribution in [0.4, 0.5) is 0 Å². The number of hydrogen-bond acceptors (Lipinski definition) is 4. The summed E-state index contributed by atoms with van der Waals surface area (Å²) in [6.07, 6.45) is 2.08. The molecule has 2 rings (SSSR count). The van der Waals surface area contributed by atoms with E-state index >= 15 is 0 Å². The zero-order chi connectivity index (χ0) is 15.2. The quantitative estimate of drug-likeness (QED) is 0.536. The van der Waals surface area contributed by atoms with E-state index in [1.165, 1.54) is 4.90 Å². The molecular formula is C16H22OS3. The fourth-order valence-corrected chi connectivity index (χ4v) is 1.61. The first-order valence-corrected chi connectivity index (χ1v) is 8.69. The van der Waals surface area contributed by atoms with Crippen molar-refractivity contribution in [3.63, 3.8) is 0 Å². The summed E-state index contributed by atoms with van der Waals surface area (Å²) in [5, 5.41) is 8.81. The lowest BCUT2D eigenvalue weighted by Gasteiger charge is -1.89. The molecule has 2 aromatic carbocycles. The van der Waals surface area contributed by atoms with Crippen LogP contribution in [0.25, 0.3) is 0 Å². The van der Waals surface area contributed by atoms with Crippen LogP contribution in [-0.2, 0) is 0 Å². The lowest BCUT2D eigenvalue weighted by atomic mass is 10.2. The Morgan fingerprint density at radius 1 is 0.950 bits per heavy atom. The van der Waals surface area contributed by atoms with Crippen molar-refractivity contribution < 1.29 is 5.11 Å². The molecule has 0 radical (unpaired) electrons. The van der Waals surface area contributed by atoms with Crippen LogP contribution in [-0.4, -0.2) is 22.9 Å². The van der Waals surface area contributed by atoms with E-state index in [2.05, 4.69) is 43.6 Å². The molecular weight excluding hydrogens is 304 g/mol. The predicted octanol–water partition coefficient (Wildman–Crippen LogP) is 4.96. The molecule has 0 spiro atoms. The van der Waals surface area contributed by atoms with Crippen molar-refractivity contribution >= 4 is 37.0 Å². The minimum Gasteiger partial charge on any atom is -0.508 e. The smallest absolute Gasteiger partial charge is 0.115 e. The van der Waals surface area contributed by atoms with Crippen molar-refractivity contribution in [3.8, 4) is 5.75 Å². The van der Waals surface area contributed by atoms with E-state index in [1.807, 2.05) is 37.3 Å². The maximum absolute atomic E-state index is 8.81. The van der Waals surface area contributed by atoms with Gasteiger partial charge in [0.2, 0.25) is 0 Å². The van der Waals surface area contributed by atoms with E-state index in [1.54, 1.807) is 23.9 Å². The molecule has 0 saturated heterocycles. The molecule has 0 unspecified atom stereocenters. The highest BCUT2D eigenvalue weighted by Gasteiger charge is 1.83. The second-order valence-electron chi connectivity index (χ2n) is 3.80. The number of phenols is 1. The molecule has 0 aliphatic carbocycles. The molecule has 0 aliphatic heterocycles. The number of benzene rings is 2. The number of aryl methyl sites for hydroxylation is 1. The van der Waals surface area contributed by atoms with Crippen molar-refractivity contribution in [2.45, 2.75) is 11.8 Å². The van der Waals surface area contributed by atoms with Crippen LogP contribution in [0.1, 0.15) is 5.56 Å². The molecule has 1 nitrogen and oxygen atoms in total. The van der Waals surface area contributed by atoms with Gasteiger partial charge in [0.25, 0.3) is 0 Å². The van der Waals surface area contributed by atoms with Crippen LogP contribution in [0.2, 0.25) is 0 Å². The van der Waals surface area contributed by atoms with Gasteiger partial charge in [-0.25, -0.2) is 0 Å². The summed E-state index contributed by atoms with van der Waals surface area (Å²) in [4.78, 5) is 1.33. The largest absolute Gasteiger partial charge is 0.508 e. The first-order valence-electron chi connectivity index (χ1n) is 6.20. The first kappa shape index (κ1) is 19.3. The lowest BCUT2D eigenvalue weighted by Crippen LogP contribution is -1.66. The predicted molar refractivity (Wildman–Crippen MR) is 98.8 cm³/mol. The summed E-state index contributed by atoms with van der Waals surface area (Å²) in [5.41, 5.74) is 1.09. The Labute approximate surface area is 137 Å². The summed E-state index contributed by atoms with van der Waals surface area (Å²) in [6.45, 7) is 1.94. The van der Waals surface area contributed by atoms with Gasteiger partial charge >= 0.3 is 0 Å². The second kappa shape index (κ2) is 13.3. The Balaban J connectivity index is 0.000000289. The minimum absolute atomic E-state index is 0.338. The van der Waals surface area contributed by atoms with Crippen molar-refractivity contribution in [3.05, 3.63) is 60.2 Å². The van der Waals surface area contributed by atoms with Crippen LogP contribution in [0.5, 0.6) is 5.75 Å². The van der Waals surface area contributed by atoms with Crippen molar-refractivity contribution in [1.82, 2.24) is 0 Å². The molecule has 110 valence electrons. The zero-order valence-corrected chi connectivity index (χ0v) is 14.5. The molecule has 0 heterocycles. The molecule has 0 fully saturated rings. The Kier molecular flexibility index (Phi) is 12.8. The fourth-order valence-electron chi connectivity index (χ4n) is 1.18. The van der Waals surface area contributed by atoms with Gasteiger partial charge in [0.15, 0.2) is 0 Å². The van der Waals surface area contributed by atoms with Gasteiger partial charge in [0, 0.05) is 4.90 Å². The Morgan fingerprint density at radius 2 is 1.55 bits per heavy atom. The van der Waals surface area contributed by atoms with Gasteiger partial charge in [-0.05, 0) is 54.5 Å². The molecule has 20 heavy (non-hydrogen) atoms. The lowest BCUT2D eigenvalue weighted by molar-refractivity contribution is 0.475. The third-order valence-electron chi connectivity index (χ3n) is 2.08. The van der Waals surface area contributed by atoms with E-state index in [-0.39, 0.29) is 0 Å². The molecule has 0 saturated carbocycles. The Bertz CT molecular complexity index is 427.